The number of hydrogen-bond acceptors (Lipinski definition) is 2. The van der Waals surface area contributed by atoms with E-state index in [2.05, 4.69) is 0 Å². The predicted molar refractivity (Wildman–Crippen MR) is 93.0 cm³/mol. The number of rotatable bonds is 4. The molecular formula is C19H15BF2O2. The van der Waals surface area contributed by atoms with E-state index in [1.165, 1.54) is 0 Å². The molecule has 0 amide bonds. The second-order valence-electron chi connectivity index (χ2n) is 5.05. The Kier molecular flexibility index (Phi) is 6.37. The van der Waals surface area contributed by atoms with Crippen molar-refractivity contribution in [2.24, 2.45) is 0 Å². The van der Waals surface area contributed by atoms with E-state index in [-0.39, 0.29) is 18.0 Å². The first kappa shape index (κ1) is 17.5. The van der Waals surface area contributed by atoms with Crippen molar-refractivity contribution in [1.29, 1.82) is 0 Å². The van der Waals surface area contributed by atoms with Gasteiger partial charge in [0.2, 0.25) is 0 Å². The summed E-state index contributed by atoms with van der Waals surface area (Å²) < 4.78 is 19.2. The molecule has 0 heterocycles. The van der Waals surface area contributed by atoms with Crippen LogP contribution in [0.5, 0.6) is 0 Å². The number of ketones is 2. The number of halogens is 2. The van der Waals surface area contributed by atoms with Crippen LogP contribution >= 0.6 is 0 Å². The Morgan fingerprint density at radius 3 is 1.92 bits per heavy atom. The normalized spacial score (nSPS) is 9.75. The van der Waals surface area contributed by atoms with Gasteiger partial charge in [0.15, 0.2) is 11.6 Å². The SMILES string of the molecule is FBF.O=C(CC(=O)c1ccc2ccccc2c1)c1ccccc1. The number of carbonyl (C=O) groups is 2. The van der Waals surface area contributed by atoms with Gasteiger partial charge in [-0.15, -0.1) is 0 Å². The van der Waals surface area contributed by atoms with Crippen LogP contribution in [0.25, 0.3) is 10.8 Å². The zero-order valence-electron chi connectivity index (χ0n) is 12.9. The van der Waals surface area contributed by atoms with Crippen LogP contribution in [-0.4, -0.2) is 19.4 Å². The van der Waals surface area contributed by atoms with Crippen molar-refractivity contribution in [2.75, 3.05) is 0 Å². The number of benzene rings is 3. The minimum Gasteiger partial charge on any atom is -0.294 e. The van der Waals surface area contributed by atoms with E-state index >= 15 is 0 Å². The van der Waals surface area contributed by atoms with Crippen LogP contribution in [-0.2, 0) is 0 Å². The van der Waals surface area contributed by atoms with Crippen LogP contribution in [0.15, 0.2) is 72.8 Å². The summed E-state index contributed by atoms with van der Waals surface area (Å²) in [4.78, 5) is 24.3. The van der Waals surface area contributed by atoms with Gasteiger partial charge in [0.25, 0.3) is 0 Å². The molecular weight excluding hydrogens is 309 g/mol. The van der Waals surface area contributed by atoms with Crippen molar-refractivity contribution < 1.29 is 18.2 Å². The summed E-state index contributed by atoms with van der Waals surface area (Å²) in [6.45, 7) is 0. The Hall–Kier alpha value is -2.82. The molecule has 0 aromatic heterocycles. The molecule has 0 saturated heterocycles. The van der Waals surface area contributed by atoms with E-state index in [9.17, 15) is 18.2 Å². The maximum absolute atomic E-state index is 12.3. The fourth-order valence-electron chi connectivity index (χ4n) is 2.34. The third-order valence-electron chi connectivity index (χ3n) is 3.49. The average molecular weight is 324 g/mol. The molecule has 0 saturated carbocycles. The minimum absolute atomic E-state index is 0.0949. The second-order valence-corrected chi connectivity index (χ2v) is 5.05. The van der Waals surface area contributed by atoms with Crippen LogP contribution in [0.1, 0.15) is 27.1 Å². The molecule has 0 aliphatic carbocycles. The lowest BCUT2D eigenvalue weighted by Gasteiger charge is -2.03. The summed E-state index contributed by atoms with van der Waals surface area (Å²) in [5, 5.41) is 2.10. The number of fused-ring (bicyclic) bond motifs is 1. The standard InChI is InChI=1S/C19H14O2.BF2H/c20-18(15-7-2-1-3-8-15)13-19(21)17-11-10-14-6-4-5-9-16(14)12-17;2-1-3/h1-12H,13H2;1H. The summed E-state index contributed by atoms with van der Waals surface area (Å²) in [7, 11) is -1.75. The van der Waals surface area contributed by atoms with Crippen molar-refractivity contribution in [3.05, 3.63) is 83.9 Å². The van der Waals surface area contributed by atoms with Gasteiger partial charge in [-0.2, -0.15) is 0 Å². The molecule has 0 radical (unpaired) electrons. The molecule has 5 heteroatoms. The van der Waals surface area contributed by atoms with Crippen molar-refractivity contribution in [1.82, 2.24) is 0 Å². The molecule has 0 aliphatic heterocycles. The molecule has 0 bridgehead atoms. The summed E-state index contributed by atoms with van der Waals surface area (Å²) >= 11 is 0. The topological polar surface area (TPSA) is 34.1 Å². The molecule has 3 rings (SSSR count). The predicted octanol–water partition coefficient (Wildman–Crippen LogP) is 4.49. The van der Waals surface area contributed by atoms with Crippen LogP contribution < -0.4 is 0 Å². The highest BCUT2D eigenvalue weighted by molar-refractivity contribution is 6.15. The Morgan fingerprint density at radius 2 is 1.25 bits per heavy atom. The highest BCUT2D eigenvalue weighted by Crippen LogP contribution is 2.17. The summed E-state index contributed by atoms with van der Waals surface area (Å²) in [6, 6.07) is 22.3. The Morgan fingerprint density at radius 1 is 0.708 bits per heavy atom. The van der Waals surface area contributed by atoms with Crippen molar-refractivity contribution in [3.8, 4) is 0 Å². The average Bonchev–Trinajstić information content (AvgIpc) is 2.62. The zero-order valence-corrected chi connectivity index (χ0v) is 12.9. The van der Waals surface area contributed by atoms with Crippen LogP contribution in [0.3, 0.4) is 0 Å². The minimum atomic E-state index is -1.75. The summed E-state index contributed by atoms with van der Waals surface area (Å²) in [6.07, 6.45) is -0.0949. The number of hydrogen-bond donors (Lipinski definition) is 0. The maximum Gasteiger partial charge on any atom is 0.521 e. The Bertz CT molecular complexity index is 835. The highest BCUT2D eigenvalue weighted by Gasteiger charge is 2.13. The van der Waals surface area contributed by atoms with Gasteiger partial charge in [0.05, 0.1) is 6.42 Å². The number of Topliss-reactive ketones (excluding diaryl/α,β-unsaturated/α-hetero) is 2. The Labute approximate surface area is 139 Å². The smallest absolute Gasteiger partial charge is 0.294 e. The maximum atomic E-state index is 12.3. The van der Waals surface area contributed by atoms with Crippen molar-refractivity contribution in [2.45, 2.75) is 6.42 Å². The molecule has 0 spiro atoms. The van der Waals surface area contributed by atoms with E-state index in [1.54, 1.807) is 30.3 Å². The molecule has 0 atom stereocenters. The molecule has 120 valence electrons. The molecule has 3 aromatic rings. The third kappa shape index (κ3) is 4.59. The van der Waals surface area contributed by atoms with Gasteiger partial charge in [-0.1, -0.05) is 66.7 Å². The molecule has 2 nitrogen and oxygen atoms in total. The van der Waals surface area contributed by atoms with Gasteiger partial charge in [-0.05, 0) is 16.8 Å². The largest absolute Gasteiger partial charge is 0.521 e. The first-order valence-electron chi connectivity index (χ1n) is 7.38. The first-order chi connectivity index (χ1) is 11.7. The first-order valence-corrected chi connectivity index (χ1v) is 7.38. The lowest BCUT2D eigenvalue weighted by molar-refractivity contribution is 0.0894. The highest BCUT2D eigenvalue weighted by atomic mass is 19.2. The molecule has 24 heavy (non-hydrogen) atoms. The van der Waals surface area contributed by atoms with Crippen LogP contribution in [0.2, 0.25) is 0 Å². The van der Waals surface area contributed by atoms with E-state index < -0.39 is 7.83 Å². The molecule has 0 fully saturated rings. The van der Waals surface area contributed by atoms with Gasteiger partial charge in [0.1, 0.15) is 0 Å². The van der Waals surface area contributed by atoms with Crippen LogP contribution in [0.4, 0.5) is 8.63 Å². The van der Waals surface area contributed by atoms with E-state index in [0.717, 1.165) is 10.8 Å². The third-order valence-corrected chi connectivity index (χ3v) is 3.49. The van der Waals surface area contributed by atoms with Crippen molar-refractivity contribution >= 4 is 30.2 Å². The van der Waals surface area contributed by atoms with E-state index in [4.69, 9.17) is 0 Å². The quantitative estimate of drug-likeness (QED) is 0.403. The number of carbonyl (C=O) groups excluding carboxylic acids is 2. The van der Waals surface area contributed by atoms with E-state index in [1.807, 2.05) is 42.5 Å². The monoisotopic (exact) mass is 324 g/mol. The molecule has 3 aromatic carbocycles. The van der Waals surface area contributed by atoms with E-state index in [0.29, 0.717) is 11.1 Å². The lowest BCUT2D eigenvalue weighted by atomic mass is 9.99. The molecule has 0 aliphatic rings. The summed E-state index contributed by atoms with van der Waals surface area (Å²) in [5.74, 6) is -0.289. The van der Waals surface area contributed by atoms with Crippen molar-refractivity contribution in [3.63, 3.8) is 0 Å². The lowest BCUT2D eigenvalue weighted by Crippen LogP contribution is -2.08. The zero-order chi connectivity index (χ0) is 17.4. The fraction of sp³-hybridized carbons (Fsp3) is 0.0526. The van der Waals surface area contributed by atoms with Gasteiger partial charge in [0, 0.05) is 11.1 Å². The van der Waals surface area contributed by atoms with Gasteiger partial charge < -0.3 is 0 Å². The van der Waals surface area contributed by atoms with Gasteiger partial charge in [-0.25, -0.2) is 0 Å². The van der Waals surface area contributed by atoms with Crippen LogP contribution in [0, 0.1) is 0 Å². The van der Waals surface area contributed by atoms with Gasteiger partial charge in [-0.3, -0.25) is 18.2 Å². The fourth-order valence-corrected chi connectivity index (χ4v) is 2.34. The molecule has 0 unspecified atom stereocenters. The molecule has 0 N–H and O–H groups in total. The Balaban J connectivity index is 0.000000647. The van der Waals surface area contributed by atoms with Gasteiger partial charge >= 0.3 is 7.83 Å². The summed E-state index contributed by atoms with van der Waals surface area (Å²) in [5.41, 5.74) is 1.16. The second kappa shape index (κ2) is 8.72.